The summed E-state index contributed by atoms with van der Waals surface area (Å²) in [5.41, 5.74) is 0.932. The van der Waals surface area contributed by atoms with E-state index < -0.39 is 5.97 Å². The molecule has 0 spiro atoms. The van der Waals surface area contributed by atoms with E-state index >= 15 is 0 Å². The highest BCUT2D eigenvalue weighted by atomic mass is 35.5. The average Bonchev–Trinajstić information content (AvgIpc) is 2.08. The maximum Gasteiger partial charge on any atom is 0.327 e. The molecule has 1 aromatic rings. The van der Waals surface area contributed by atoms with Crippen LogP contribution in [0, 0.1) is 0 Å². The topological polar surface area (TPSA) is 50.2 Å². The zero-order chi connectivity index (χ0) is 9.68. The van der Waals surface area contributed by atoms with Gasteiger partial charge in [-0.25, -0.2) is 9.78 Å². The molecule has 0 saturated carbocycles. The lowest BCUT2D eigenvalue weighted by molar-refractivity contribution is -0.131. The fraction of sp³-hybridized carbons (Fsp3) is 0.111. The van der Waals surface area contributed by atoms with Gasteiger partial charge in [0.1, 0.15) is 5.15 Å². The van der Waals surface area contributed by atoms with Crippen molar-refractivity contribution in [3.05, 3.63) is 41.2 Å². The van der Waals surface area contributed by atoms with Crippen LogP contribution in [0.15, 0.2) is 30.5 Å². The minimum atomic E-state index is -0.943. The second-order valence-electron chi connectivity index (χ2n) is 2.43. The van der Waals surface area contributed by atoms with Crippen molar-refractivity contribution < 1.29 is 9.90 Å². The lowest BCUT2D eigenvalue weighted by Gasteiger charge is -1.94. The molecule has 1 rings (SSSR count). The van der Waals surface area contributed by atoms with Crippen LogP contribution in [0.25, 0.3) is 0 Å². The number of hydrogen-bond donors (Lipinski definition) is 1. The fourth-order valence-corrected chi connectivity index (χ4v) is 0.935. The van der Waals surface area contributed by atoms with Gasteiger partial charge in [0.15, 0.2) is 0 Å². The summed E-state index contributed by atoms with van der Waals surface area (Å²) in [6.45, 7) is 0. The summed E-state index contributed by atoms with van der Waals surface area (Å²) >= 11 is 5.57. The number of carboxylic acids is 1. The van der Waals surface area contributed by atoms with Crippen LogP contribution in [0.1, 0.15) is 5.56 Å². The number of rotatable bonds is 3. The molecular weight excluding hydrogens is 190 g/mol. The van der Waals surface area contributed by atoms with Crippen molar-refractivity contribution in [3.8, 4) is 0 Å². The Morgan fingerprint density at radius 3 is 2.92 bits per heavy atom. The molecule has 1 N–H and O–H groups in total. The molecule has 1 aromatic heterocycles. The van der Waals surface area contributed by atoms with Crippen LogP contribution in [0.3, 0.4) is 0 Å². The lowest BCUT2D eigenvalue weighted by Crippen LogP contribution is -1.88. The Morgan fingerprint density at radius 2 is 2.38 bits per heavy atom. The molecule has 3 nitrogen and oxygen atoms in total. The number of carboxylic acid groups (broad SMARTS) is 1. The van der Waals surface area contributed by atoms with E-state index in [0.717, 1.165) is 11.6 Å². The highest BCUT2D eigenvalue weighted by molar-refractivity contribution is 6.29. The first kappa shape index (κ1) is 9.74. The van der Waals surface area contributed by atoms with E-state index in [9.17, 15) is 4.79 Å². The van der Waals surface area contributed by atoms with Crippen molar-refractivity contribution in [1.29, 1.82) is 0 Å². The van der Waals surface area contributed by atoms with Gasteiger partial charge in [-0.2, -0.15) is 0 Å². The Kier molecular flexibility index (Phi) is 3.46. The first-order valence-electron chi connectivity index (χ1n) is 3.68. The Hall–Kier alpha value is -1.35. The van der Waals surface area contributed by atoms with Crippen molar-refractivity contribution >= 4 is 17.6 Å². The highest BCUT2D eigenvalue weighted by Gasteiger charge is 1.91. The molecule has 13 heavy (non-hydrogen) atoms. The van der Waals surface area contributed by atoms with E-state index in [0.29, 0.717) is 11.6 Å². The Balaban J connectivity index is 2.55. The maximum absolute atomic E-state index is 10.1. The van der Waals surface area contributed by atoms with Gasteiger partial charge in [0, 0.05) is 12.3 Å². The third-order valence-electron chi connectivity index (χ3n) is 1.40. The van der Waals surface area contributed by atoms with Gasteiger partial charge >= 0.3 is 5.97 Å². The molecule has 0 aliphatic heterocycles. The lowest BCUT2D eigenvalue weighted by atomic mass is 10.2. The van der Waals surface area contributed by atoms with Gasteiger partial charge in [-0.05, 0) is 18.1 Å². The van der Waals surface area contributed by atoms with Gasteiger partial charge in [0.25, 0.3) is 0 Å². The zero-order valence-corrected chi connectivity index (χ0v) is 7.53. The normalized spacial score (nSPS) is 10.5. The van der Waals surface area contributed by atoms with Crippen LogP contribution in [0.2, 0.25) is 5.15 Å². The molecule has 4 heteroatoms. The third-order valence-corrected chi connectivity index (χ3v) is 1.63. The summed E-state index contributed by atoms with van der Waals surface area (Å²) < 4.78 is 0. The predicted octanol–water partition coefficient (Wildman–Crippen LogP) is 1.92. The van der Waals surface area contributed by atoms with Crippen molar-refractivity contribution in [1.82, 2.24) is 4.98 Å². The van der Waals surface area contributed by atoms with Crippen LogP contribution >= 0.6 is 11.6 Å². The van der Waals surface area contributed by atoms with Crippen LogP contribution < -0.4 is 0 Å². The van der Waals surface area contributed by atoms with Crippen LogP contribution in [0.4, 0.5) is 0 Å². The van der Waals surface area contributed by atoms with Crippen LogP contribution in [0.5, 0.6) is 0 Å². The second-order valence-corrected chi connectivity index (χ2v) is 2.82. The Morgan fingerprint density at radius 1 is 1.62 bits per heavy atom. The molecule has 0 saturated heterocycles. The van der Waals surface area contributed by atoms with E-state index in [1.54, 1.807) is 18.3 Å². The maximum atomic E-state index is 10.1. The summed E-state index contributed by atoms with van der Waals surface area (Å²) in [4.78, 5) is 14.0. The van der Waals surface area contributed by atoms with Crippen molar-refractivity contribution in [3.63, 3.8) is 0 Å². The number of aromatic nitrogens is 1. The van der Waals surface area contributed by atoms with E-state index in [4.69, 9.17) is 16.7 Å². The molecule has 0 amide bonds. The highest BCUT2D eigenvalue weighted by Crippen LogP contribution is 2.05. The molecule has 0 atom stereocenters. The van der Waals surface area contributed by atoms with Crippen molar-refractivity contribution in [2.75, 3.05) is 0 Å². The molecule has 0 unspecified atom stereocenters. The van der Waals surface area contributed by atoms with Gasteiger partial charge < -0.3 is 5.11 Å². The zero-order valence-electron chi connectivity index (χ0n) is 6.77. The number of halogens is 1. The Labute approximate surface area is 80.7 Å². The molecule has 1 heterocycles. The standard InChI is InChI=1S/C9H8ClNO2/c10-8-5-4-7(6-11-8)2-1-3-9(12)13/h1,3-6H,2H2,(H,12,13). The van der Waals surface area contributed by atoms with Crippen molar-refractivity contribution in [2.45, 2.75) is 6.42 Å². The molecule has 0 bridgehead atoms. The smallest absolute Gasteiger partial charge is 0.327 e. The fourth-order valence-electron chi connectivity index (χ4n) is 0.823. The second kappa shape index (κ2) is 4.62. The number of hydrogen-bond acceptors (Lipinski definition) is 2. The summed E-state index contributed by atoms with van der Waals surface area (Å²) in [5.74, 6) is -0.943. The molecule has 0 aromatic carbocycles. The largest absolute Gasteiger partial charge is 0.478 e. The quantitative estimate of drug-likeness (QED) is 0.595. The molecule has 0 radical (unpaired) electrons. The van der Waals surface area contributed by atoms with Gasteiger partial charge in [0.2, 0.25) is 0 Å². The molecule has 0 fully saturated rings. The number of nitrogens with zero attached hydrogens (tertiary/aromatic N) is 1. The van der Waals surface area contributed by atoms with Crippen LogP contribution in [-0.2, 0) is 11.2 Å². The number of pyridine rings is 1. The van der Waals surface area contributed by atoms with E-state index in [-0.39, 0.29) is 0 Å². The van der Waals surface area contributed by atoms with Gasteiger partial charge in [0.05, 0.1) is 0 Å². The molecule has 68 valence electrons. The van der Waals surface area contributed by atoms with Gasteiger partial charge in [-0.3, -0.25) is 0 Å². The summed E-state index contributed by atoms with van der Waals surface area (Å²) in [6.07, 6.45) is 4.84. The minimum Gasteiger partial charge on any atom is -0.478 e. The first-order valence-corrected chi connectivity index (χ1v) is 4.06. The van der Waals surface area contributed by atoms with Gasteiger partial charge in [-0.1, -0.05) is 23.7 Å². The van der Waals surface area contributed by atoms with E-state index in [1.165, 1.54) is 0 Å². The van der Waals surface area contributed by atoms with E-state index in [2.05, 4.69) is 4.98 Å². The molecule has 0 aliphatic rings. The predicted molar refractivity (Wildman–Crippen MR) is 49.7 cm³/mol. The van der Waals surface area contributed by atoms with Gasteiger partial charge in [-0.15, -0.1) is 0 Å². The number of allylic oxidation sites excluding steroid dienone is 1. The first-order chi connectivity index (χ1) is 6.18. The molecule has 0 aliphatic carbocycles. The number of carbonyl (C=O) groups is 1. The summed E-state index contributed by atoms with van der Waals surface area (Å²) in [5, 5.41) is 8.75. The van der Waals surface area contributed by atoms with Crippen LogP contribution in [-0.4, -0.2) is 16.1 Å². The number of aliphatic carboxylic acids is 1. The Bertz CT molecular complexity index is 319. The monoisotopic (exact) mass is 197 g/mol. The SMILES string of the molecule is O=C(O)C=CCc1ccc(Cl)nc1. The summed E-state index contributed by atoms with van der Waals surface area (Å²) in [6, 6.07) is 3.48. The minimum absolute atomic E-state index is 0.436. The molecular formula is C9H8ClNO2. The summed E-state index contributed by atoms with van der Waals surface area (Å²) in [7, 11) is 0. The average molecular weight is 198 g/mol. The third kappa shape index (κ3) is 3.71. The van der Waals surface area contributed by atoms with Crippen molar-refractivity contribution in [2.24, 2.45) is 0 Å². The van der Waals surface area contributed by atoms with E-state index in [1.807, 2.05) is 6.07 Å².